The Labute approximate surface area is 99.5 Å². The predicted octanol–water partition coefficient (Wildman–Crippen LogP) is 3.95. The second-order valence-electron chi connectivity index (χ2n) is 6.78. The van der Waals surface area contributed by atoms with E-state index in [9.17, 15) is 4.79 Å². The van der Waals surface area contributed by atoms with Crippen molar-refractivity contribution >= 4 is 6.08 Å². The average Bonchev–Trinajstić information content (AvgIpc) is 2.16. The summed E-state index contributed by atoms with van der Waals surface area (Å²) in [6.07, 6.45) is 6.72. The number of isocyanates is 1. The van der Waals surface area contributed by atoms with E-state index in [2.05, 4.69) is 39.6 Å². The topological polar surface area (TPSA) is 29.4 Å². The smallest absolute Gasteiger partial charge is 0.211 e. The van der Waals surface area contributed by atoms with Crippen LogP contribution in [0, 0.1) is 17.3 Å². The third-order valence-electron chi connectivity index (χ3n) is 4.23. The van der Waals surface area contributed by atoms with Crippen LogP contribution in [0.1, 0.15) is 60.3 Å². The molecule has 0 radical (unpaired) electrons. The molecule has 1 rings (SSSR count). The number of nitrogens with zero attached hydrogens (tertiary/aromatic N) is 1. The Bertz CT molecular complexity index is 282. The summed E-state index contributed by atoms with van der Waals surface area (Å²) in [6, 6.07) is 0. The highest BCUT2D eigenvalue weighted by atomic mass is 16.1. The Morgan fingerprint density at radius 2 is 1.62 bits per heavy atom. The molecule has 2 unspecified atom stereocenters. The Balaban J connectivity index is 2.74. The zero-order valence-electron chi connectivity index (χ0n) is 11.3. The van der Waals surface area contributed by atoms with Gasteiger partial charge in [-0.2, -0.15) is 4.99 Å². The van der Waals surface area contributed by atoms with E-state index in [4.69, 9.17) is 0 Å². The third-order valence-corrected chi connectivity index (χ3v) is 4.23. The van der Waals surface area contributed by atoms with Gasteiger partial charge >= 0.3 is 0 Å². The lowest BCUT2D eigenvalue weighted by molar-refractivity contribution is 0.109. The van der Waals surface area contributed by atoms with Crippen molar-refractivity contribution in [2.24, 2.45) is 22.2 Å². The van der Waals surface area contributed by atoms with Crippen LogP contribution in [-0.4, -0.2) is 11.6 Å². The van der Waals surface area contributed by atoms with Gasteiger partial charge in [0, 0.05) is 0 Å². The van der Waals surface area contributed by atoms with Gasteiger partial charge in [-0.05, 0) is 50.4 Å². The van der Waals surface area contributed by atoms with Crippen molar-refractivity contribution in [1.82, 2.24) is 0 Å². The van der Waals surface area contributed by atoms with Crippen molar-refractivity contribution in [3.05, 3.63) is 0 Å². The zero-order valence-corrected chi connectivity index (χ0v) is 11.3. The van der Waals surface area contributed by atoms with Crippen molar-refractivity contribution in [2.45, 2.75) is 65.8 Å². The first kappa shape index (κ1) is 13.4. The Morgan fingerprint density at radius 1 is 1.06 bits per heavy atom. The molecule has 0 bridgehead atoms. The normalized spacial score (nSPS) is 27.3. The maximum absolute atomic E-state index is 10.4. The van der Waals surface area contributed by atoms with Gasteiger partial charge in [0.2, 0.25) is 6.08 Å². The van der Waals surface area contributed by atoms with Crippen molar-refractivity contribution in [3.63, 3.8) is 0 Å². The first-order valence-electron chi connectivity index (χ1n) is 6.36. The number of carbonyl (C=O) groups excluding carboxylic acids is 1. The second-order valence-corrected chi connectivity index (χ2v) is 6.78. The SMILES string of the molecule is CC(C)(C)C1CCCC(C(C)(C)N=C=O)C1. The number of aliphatic imine (C=N–C) groups is 1. The molecular formula is C14H25NO. The summed E-state index contributed by atoms with van der Waals surface area (Å²) in [5.74, 6) is 1.29. The Kier molecular flexibility index (Phi) is 3.96. The molecular weight excluding hydrogens is 198 g/mol. The number of hydrogen-bond donors (Lipinski definition) is 0. The fraction of sp³-hybridized carbons (Fsp3) is 0.929. The van der Waals surface area contributed by atoms with E-state index in [1.807, 2.05) is 0 Å². The van der Waals surface area contributed by atoms with Gasteiger partial charge in [-0.3, -0.25) is 0 Å². The van der Waals surface area contributed by atoms with Gasteiger partial charge in [-0.1, -0.05) is 27.2 Å². The molecule has 0 aromatic heterocycles. The fourth-order valence-electron chi connectivity index (χ4n) is 2.83. The lowest BCUT2D eigenvalue weighted by atomic mass is 9.65. The first-order valence-corrected chi connectivity index (χ1v) is 6.36. The molecule has 1 aliphatic rings. The maximum atomic E-state index is 10.4. The molecule has 92 valence electrons. The number of hydrogen-bond acceptors (Lipinski definition) is 2. The third kappa shape index (κ3) is 3.18. The second kappa shape index (κ2) is 4.71. The molecule has 1 fully saturated rings. The molecule has 1 aliphatic carbocycles. The molecule has 2 nitrogen and oxygen atoms in total. The van der Waals surface area contributed by atoms with Crippen LogP contribution in [0.5, 0.6) is 0 Å². The molecule has 0 aliphatic heterocycles. The van der Waals surface area contributed by atoms with Crippen LogP contribution in [0.25, 0.3) is 0 Å². The number of rotatable bonds is 2. The molecule has 2 atom stereocenters. The van der Waals surface area contributed by atoms with Crippen molar-refractivity contribution in [2.75, 3.05) is 0 Å². The summed E-state index contributed by atoms with van der Waals surface area (Å²) in [5.41, 5.74) is 0.144. The van der Waals surface area contributed by atoms with E-state index < -0.39 is 0 Å². The summed E-state index contributed by atoms with van der Waals surface area (Å²) in [6.45, 7) is 11.1. The van der Waals surface area contributed by atoms with E-state index in [-0.39, 0.29) is 5.54 Å². The van der Waals surface area contributed by atoms with Gasteiger partial charge < -0.3 is 0 Å². The standard InChI is InChI=1S/C14H25NO/c1-13(2,3)11-7-6-8-12(9-11)14(4,5)15-10-16/h11-12H,6-9H2,1-5H3. The Hall–Kier alpha value is -0.620. The van der Waals surface area contributed by atoms with E-state index >= 15 is 0 Å². The summed E-state index contributed by atoms with van der Waals surface area (Å²) >= 11 is 0. The van der Waals surface area contributed by atoms with Gasteiger partial charge in [-0.15, -0.1) is 0 Å². The van der Waals surface area contributed by atoms with Crippen LogP contribution in [-0.2, 0) is 4.79 Å². The lowest BCUT2D eigenvalue weighted by Gasteiger charge is -2.41. The largest absolute Gasteiger partial charge is 0.235 e. The van der Waals surface area contributed by atoms with Gasteiger partial charge in [0.25, 0.3) is 0 Å². The first-order chi connectivity index (χ1) is 7.27. The molecule has 0 aromatic rings. The van der Waals surface area contributed by atoms with E-state index in [1.165, 1.54) is 25.7 Å². The highest BCUT2D eigenvalue weighted by molar-refractivity contribution is 5.34. The quantitative estimate of drug-likeness (QED) is 0.515. The minimum absolute atomic E-state index is 0.230. The molecule has 0 N–H and O–H groups in total. The minimum Gasteiger partial charge on any atom is -0.211 e. The molecule has 0 aromatic carbocycles. The van der Waals surface area contributed by atoms with Crippen molar-refractivity contribution in [3.8, 4) is 0 Å². The summed E-state index contributed by atoms with van der Waals surface area (Å²) < 4.78 is 0. The monoisotopic (exact) mass is 223 g/mol. The van der Waals surface area contributed by atoms with Crippen LogP contribution in [0.3, 0.4) is 0 Å². The van der Waals surface area contributed by atoms with Crippen LogP contribution >= 0.6 is 0 Å². The molecule has 2 heteroatoms. The zero-order chi connectivity index (χ0) is 12.4. The van der Waals surface area contributed by atoms with E-state index in [0.29, 0.717) is 11.3 Å². The van der Waals surface area contributed by atoms with E-state index in [0.717, 1.165) is 5.92 Å². The van der Waals surface area contributed by atoms with Crippen LogP contribution in [0.2, 0.25) is 0 Å². The fourth-order valence-corrected chi connectivity index (χ4v) is 2.83. The van der Waals surface area contributed by atoms with Crippen LogP contribution in [0.4, 0.5) is 0 Å². The van der Waals surface area contributed by atoms with Crippen molar-refractivity contribution in [1.29, 1.82) is 0 Å². The van der Waals surface area contributed by atoms with Gasteiger partial charge in [0.15, 0.2) is 0 Å². The Morgan fingerprint density at radius 3 is 2.12 bits per heavy atom. The van der Waals surface area contributed by atoms with E-state index in [1.54, 1.807) is 6.08 Å². The minimum atomic E-state index is -0.230. The average molecular weight is 223 g/mol. The van der Waals surface area contributed by atoms with Crippen LogP contribution in [0.15, 0.2) is 4.99 Å². The molecule has 0 spiro atoms. The van der Waals surface area contributed by atoms with Crippen LogP contribution < -0.4 is 0 Å². The van der Waals surface area contributed by atoms with Gasteiger partial charge in [0.1, 0.15) is 0 Å². The molecule has 1 saturated carbocycles. The lowest BCUT2D eigenvalue weighted by Crippen LogP contribution is -2.36. The predicted molar refractivity (Wildman–Crippen MR) is 67.1 cm³/mol. The highest BCUT2D eigenvalue weighted by Crippen LogP contribution is 2.44. The highest BCUT2D eigenvalue weighted by Gasteiger charge is 2.37. The molecule has 0 saturated heterocycles. The van der Waals surface area contributed by atoms with Gasteiger partial charge in [0.05, 0.1) is 5.54 Å². The summed E-state index contributed by atoms with van der Waals surface area (Å²) in [5, 5.41) is 0. The summed E-state index contributed by atoms with van der Waals surface area (Å²) in [4.78, 5) is 14.4. The van der Waals surface area contributed by atoms with Gasteiger partial charge in [-0.25, -0.2) is 4.79 Å². The maximum Gasteiger partial charge on any atom is 0.235 e. The van der Waals surface area contributed by atoms with Crippen molar-refractivity contribution < 1.29 is 4.79 Å². The molecule has 0 heterocycles. The summed E-state index contributed by atoms with van der Waals surface area (Å²) in [7, 11) is 0. The molecule has 0 amide bonds. The molecule has 16 heavy (non-hydrogen) atoms.